The SMILES string of the molecule is CC#CCC(=O)c1ccc(C)c(N)c1. The van der Waals surface area contributed by atoms with Gasteiger partial charge < -0.3 is 5.73 Å². The molecule has 72 valence electrons. The molecule has 0 aliphatic rings. The van der Waals surface area contributed by atoms with Crippen molar-refractivity contribution >= 4 is 11.5 Å². The summed E-state index contributed by atoms with van der Waals surface area (Å²) in [6, 6.07) is 5.34. The van der Waals surface area contributed by atoms with Gasteiger partial charge in [0.05, 0.1) is 6.42 Å². The van der Waals surface area contributed by atoms with Crippen LogP contribution in [-0.2, 0) is 0 Å². The number of nitrogens with two attached hydrogens (primary N) is 1. The molecule has 0 unspecified atom stereocenters. The maximum Gasteiger partial charge on any atom is 0.174 e. The second-order valence-corrected chi connectivity index (χ2v) is 3.10. The molecular weight excluding hydrogens is 174 g/mol. The van der Waals surface area contributed by atoms with Gasteiger partial charge in [-0.05, 0) is 25.5 Å². The van der Waals surface area contributed by atoms with E-state index in [9.17, 15) is 4.79 Å². The lowest BCUT2D eigenvalue weighted by atomic mass is 10.1. The number of rotatable bonds is 2. The molecule has 0 aromatic heterocycles. The number of hydrogen-bond acceptors (Lipinski definition) is 2. The minimum atomic E-state index is 0.0195. The lowest BCUT2D eigenvalue weighted by molar-refractivity contribution is 0.0998. The average Bonchev–Trinajstić information content (AvgIpc) is 2.18. The van der Waals surface area contributed by atoms with E-state index in [0.29, 0.717) is 11.3 Å². The molecule has 2 heteroatoms. The molecule has 0 atom stereocenters. The number of nitrogen functional groups attached to an aromatic ring is 1. The summed E-state index contributed by atoms with van der Waals surface area (Å²) in [6.07, 6.45) is 0.263. The van der Waals surface area contributed by atoms with Crippen molar-refractivity contribution in [2.24, 2.45) is 0 Å². The number of benzene rings is 1. The average molecular weight is 187 g/mol. The molecule has 2 N–H and O–H groups in total. The number of carbonyl (C=O) groups excluding carboxylic acids is 1. The second kappa shape index (κ2) is 4.48. The number of Topliss-reactive ketones (excluding diaryl/α,β-unsaturated/α-hetero) is 1. The standard InChI is InChI=1S/C12H13NO/c1-3-4-5-12(14)10-7-6-9(2)11(13)8-10/h6-8H,5,13H2,1-2H3. The van der Waals surface area contributed by atoms with Crippen LogP contribution >= 0.6 is 0 Å². The first-order chi connectivity index (χ1) is 6.65. The van der Waals surface area contributed by atoms with E-state index in [0.717, 1.165) is 5.56 Å². The zero-order valence-corrected chi connectivity index (χ0v) is 8.42. The van der Waals surface area contributed by atoms with E-state index in [-0.39, 0.29) is 12.2 Å². The van der Waals surface area contributed by atoms with Gasteiger partial charge in [0.1, 0.15) is 0 Å². The highest BCUT2D eigenvalue weighted by molar-refractivity contribution is 5.98. The van der Waals surface area contributed by atoms with Crippen molar-refractivity contribution in [3.8, 4) is 11.8 Å². The first-order valence-electron chi connectivity index (χ1n) is 4.44. The van der Waals surface area contributed by atoms with Gasteiger partial charge in [0, 0.05) is 11.3 Å². The molecule has 0 amide bonds. The van der Waals surface area contributed by atoms with Crippen LogP contribution in [0.25, 0.3) is 0 Å². The Labute approximate surface area is 84.1 Å². The fraction of sp³-hybridized carbons (Fsp3) is 0.250. The summed E-state index contributed by atoms with van der Waals surface area (Å²) in [4.78, 5) is 11.5. The summed E-state index contributed by atoms with van der Waals surface area (Å²) in [5, 5.41) is 0. The van der Waals surface area contributed by atoms with E-state index in [2.05, 4.69) is 11.8 Å². The Morgan fingerprint density at radius 2 is 2.21 bits per heavy atom. The fourth-order valence-corrected chi connectivity index (χ4v) is 1.08. The van der Waals surface area contributed by atoms with Gasteiger partial charge in [-0.2, -0.15) is 0 Å². The Morgan fingerprint density at radius 3 is 2.79 bits per heavy atom. The van der Waals surface area contributed by atoms with Crippen molar-refractivity contribution in [1.82, 2.24) is 0 Å². The third-order valence-electron chi connectivity index (χ3n) is 2.03. The van der Waals surface area contributed by atoms with Crippen molar-refractivity contribution in [1.29, 1.82) is 0 Å². The molecule has 0 aliphatic carbocycles. The van der Waals surface area contributed by atoms with E-state index in [1.165, 1.54) is 0 Å². The molecule has 1 aromatic rings. The molecule has 0 heterocycles. The number of anilines is 1. The summed E-state index contributed by atoms with van der Waals surface area (Å²) in [5.41, 5.74) is 7.98. The van der Waals surface area contributed by atoms with Crippen LogP contribution in [0.3, 0.4) is 0 Å². The summed E-state index contributed by atoms with van der Waals surface area (Å²) >= 11 is 0. The van der Waals surface area contributed by atoms with Gasteiger partial charge in [-0.15, -0.1) is 5.92 Å². The van der Waals surface area contributed by atoms with Crippen LogP contribution in [0.2, 0.25) is 0 Å². The van der Waals surface area contributed by atoms with E-state index in [1.54, 1.807) is 19.1 Å². The first kappa shape index (κ1) is 10.3. The molecule has 2 nitrogen and oxygen atoms in total. The van der Waals surface area contributed by atoms with E-state index in [1.807, 2.05) is 13.0 Å². The second-order valence-electron chi connectivity index (χ2n) is 3.10. The van der Waals surface area contributed by atoms with Crippen molar-refractivity contribution in [2.45, 2.75) is 20.3 Å². The number of aryl methyl sites for hydroxylation is 1. The number of carbonyl (C=O) groups is 1. The molecule has 0 radical (unpaired) electrons. The quantitative estimate of drug-likeness (QED) is 0.438. The van der Waals surface area contributed by atoms with E-state index < -0.39 is 0 Å². The van der Waals surface area contributed by atoms with Gasteiger partial charge in [-0.1, -0.05) is 18.1 Å². The summed E-state index contributed by atoms with van der Waals surface area (Å²) in [6.45, 7) is 3.63. The van der Waals surface area contributed by atoms with Crippen LogP contribution in [0.4, 0.5) is 5.69 Å². The number of hydrogen-bond donors (Lipinski definition) is 1. The third-order valence-corrected chi connectivity index (χ3v) is 2.03. The minimum absolute atomic E-state index is 0.0195. The highest BCUT2D eigenvalue weighted by atomic mass is 16.1. The monoisotopic (exact) mass is 187 g/mol. The van der Waals surface area contributed by atoms with Crippen LogP contribution in [-0.4, -0.2) is 5.78 Å². The Kier molecular flexibility index (Phi) is 3.30. The molecule has 0 fully saturated rings. The van der Waals surface area contributed by atoms with Gasteiger partial charge in [0.15, 0.2) is 5.78 Å². The topological polar surface area (TPSA) is 43.1 Å². The zero-order valence-electron chi connectivity index (χ0n) is 8.42. The van der Waals surface area contributed by atoms with Crippen LogP contribution in [0, 0.1) is 18.8 Å². The molecule has 0 saturated carbocycles. The molecule has 0 spiro atoms. The van der Waals surface area contributed by atoms with E-state index in [4.69, 9.17) is 5.73 Å². The fourth-order valence-electron chi connectivity index (χ4n) is 1.08. The lowest BCUT2D eigenvalue weighted by Gasteiger charge is -2.02. The van der Waals surface area contributed by atoms with Gasteiger partial charge in [0.25, 0.3) is 0 Å². The summed E-state index contributed by atoms with van der Waals surface area (Å²) in [7, 11) is 0. The Bertz CT molecular complexity index is 410. The van der Waals surface area contributed by atoms with Gasteiger partial charge in [0.2, 0.25) is 0 Å². The normalized spacial score (nSPS) is 9.00. The van der Waals surface area contributed by atoms with Crippen molar-refractivity contribution in [2.75, 3.05) is 5.73 Å². The molecule has 0 saturated heterocycles. The number of ketones is 1. The molecule has 1 aromatic carbocycles. The van der Waals surface area contributed by atoms with E-state index >= 15 is 0 Å². The van der Waals surface area contributed by atoms with Crippen LogP contribution < -0.4 is 5.73 Å². The Morgan fingerprint density at radius 1 is 1.50 bits per heavy atom. The third kappa shape index (κ3) is 2.37. The van der Waals surface area contributed by atoms with Gasteiger partial charge in [-0.3, -0.25) is 4.79 Å². The van der Waals surface area contributed by atoms with Crippen molar-refractivity contribution < 1.29 is 4.79 Å². The smallest absolute Gasteiger partial charge is 0.174 e. The van der Waals surface area contributed by atoms with Crippen LogP contribution in [0.1, 0.15) is 29.3 Å². The highest BCUT2D eigenvalue weighted by Crippen LogP contribution is 2.13. The Hall–Kier alpha value is -1.75. The van der Waals surface area contributed by atoms with Crippen molar-refractivity contribution in [3.63, 3.8) is 0 Å². The van der Waals surface area contributed by atoms with Crippen LogP contribution in [0.5, 0.6) is 0 Å². The van der Waals surface area contributed by atoms with Gasteiger partial charge >= 0.3 is 0 Å². The lowest BCUT2D eigenvalue weighted by Crippen LogP contribution is -1.99. The summed E-state index contributed by atoms with van der Waals surface area (Å²) < 4.78 is 0. The zero-order chi connectivity index (χ0) is 10.6. The molecular formula is C12H13NO. The van der Waals surface area contributed by atoms with Crippen LogP contribution in [0.15, 0.2) is 18.2 Å². The largest absolute Gasteiger partial charge is 0.398 e. The highest BCUT2D eigenvalue weighted by Gasteiger charge is 2.04. The predicted molar refractivity (Wildman–Crippen MR) is 58.0 cm³/mol. The first-order valence-corrected chi connectivity index (χ1v) is 4.44. The maximum absolute atomic E-state index is 11.5. The summed E-state index contributed by atoms with van der Waals surface area (Å²) in [5.74, 6) is 5.45. The maximum atomic E-state index is 11.5. The molecule has 1 rings (SSSR count). The van der Waals surface area contributed by atoms with Gasteiger partial charge in [-0.25, -0.2) is 0 Å². The molecule has 0 aliphatic heterocycles. The minimum Gasteiger partial charge on any atom is -0.398 e. The van der Waals surface area contributed by atoms with Crippen molar-refractivity contribution in [3.05, 3.63) is 29.3 Å². The molecule has 0 bridgehead atoms. The Balaban J connectivity index is 2.89. The molecule has 14 heavy (non-hydrogen) atoms. The predicted octanol–water partition coefficient (Wildman–Crippen LogP) is 2.17.